The van der Waals surface area contributed by atoms with E-state index in [1.165, 1.54) is 29.3 Å². The van der Waals surface area contributed by atoms with Crippen molar-refractivity contribution in [2.24, 2.45) is 0 Å². The van der Waals surface area contributed by atoms with Crippen molar-refractivity contribution in [2.45, 2.75) is 39.7 Å². The van der Waals surface area contributed by atoms with Crippen LogP contribution in [0.3, 0.4) is 0 Å². The summed E-state index contributed by atoms with van der Waals surface area (Å²) < 4.78 is 0. The van der Waals surface area contributed by atoms with Gasteiger partial charge in [-0.1, -0.05) is 56.7 Å². The highest BCUT2D eigenvalue weighted by Crippen LogP contribution is 2.26. The molecular formula is C19H28N2. The van der Waals surface area contributed by atoms with Crippen LogP contribution in [0.4, 0.5) is 5.69 Å². The van der Waals surface area contributed by atoms with E-state index < -0.39 is 0 Å². The van der Waals surface area contributed by atoms with Crippen LogP contribution in [-0.2, 0) is 0 Å². The van der Waals surface area contributed by atoms with Gasteiger partial charge in [0.15, 0.2) is 0 Å². The van der Waals surface area contributed by atoms with Crippen LogP contribution in [0.25, 0.3) is 10.8 Å². The Morgan fingerprint density at radius 2 is 1.76 bits per heavy atom. The number of likely N-dealkylation sites (N-methyl/N-ethyl adjacent to an activating group) is 2. The summed E-state index contributed by atoms with van der Waals surface area (Å²) >= 11 is 0. The summed E-state index contributed by atoms with van der Waals surface area (Å²) in [5, 5.41) is 6.30. The van der Waals surface area contributed by atoms with E-state index in [-0.39, 0.29) is 0 Å². The van der Waals surface area contributed by atoms with E-state index >= 15 is 0 Å². The second kappa shape index (κ2) is 8.04. The molecule has 0 aliphatic heterocycles. The number of benzene rings is 2. The summed E-state index contributed by atoms with van der Waals surface area (Å²) in [6.45, 7) is 9.86. The highest BCUT2D eigenvalue weighted by Gasteiger charge is 2.14. The molecular weight excluding hydrogens is 256 g/mol. The number of rotatable bonds is 8. The van der Waals surface area contributed by atoms with E-state index in [0.717, 1.165) is 19.6 Å². The van der Waals surface area contributed by atoms with Crippen molar-refractivity contribution in [1.29, 1.82) is 0 Å². The zero-order valence-corrected chi connectivity index (χ0v) is 13.6. The largest absolute Gasteiger partial charge is 0.370 e. The number of nitrogens with zero attached hydrogens (tertiary/aromatic N) is 1. The number of nitrogens with one attached hydrogen (secondary N) is 1. The molecule has 0 amide bonds. The second-order valence-corrected chi connectivity index (χ2v) is 5.58. The Morgan fingerprint density at radius 1 is 1.00 bits per heavy atom. The van der Waals surface area contributed by atoms with Crippen LogP contribution in [-0.4, -0.2) is 25.7 Å². The lowest BCUT2D eigenvalue weighted by atomic mass is 10.1. The van der Waals surface area contributed by atoms with Crippen LogP contribution in [0.2, 0.25) is 0 Å². The molecule has 0 bridgehead atoms. The van der Waals surface area contributed by atoms with Crippen molar-refractivity contribution < 1.29 is 0 Å². The maximum atomic E-state index is 3.62. The molecule has 1 unspecified atom stereocenters. The molecule has 0 aliphatic carbocycles. The van der Waals surface area contributed by atoms with Gasteiger partial charge in [-0.15, -0.1) is 0 Å². The minimum Gasteiger partial charge on any atom is -0.370 e. The van der Waals surface area contributed by atoms with Gasteiger partial charge in [-0.3, -0.25) is 0 Å². The van der Waals surface area contributed by atoms with Gasteiger partial charge in [0.05, 0.1) is 0 Å². The molecule has 0 aliphatic rings. The first kappa shape index (κ1) is 15.8. The molecule has 2 heteroatoms. The molecule has 1 N–H and O–H groups in total. The predicted octanol–water partition coefficient (Wildman–Crippen LogP) is 4.44. The smallest absolute Gasteiger partial charge is 0.0446 e. The van der Waals surface area contributed by atoms with Crippen LogP contribution >= 0.6 is 0 Å². The second-order valence-electron chi connectivity index (χ2n) is 5.58. The van der Waals surface area contributed by atoms with E-state index in [9.17, 15) is 0 Å². The SMILES string of the molecule is CCCC(CN(CC)c1cccc2ccccc12)NCC. The zero-order chi connectivity index (χ0) is 15.1. The lowest BCUT2D eigenvalue weighted by Crippen LogP contribution is -2.41. The molecule has 2 aromatic rings. The predicted molar refractivity (Wildman–Crippen MR) is 94.2 cm³/mol. The lowest BCUT2D eigenvalue weighted by Gasteiger charge is -2.30. The Bertz CT molecular complexity index is 539. The quantitative estimate of drug-likeness (QED) is 0.770. The minimum absolute atomic E-state index is 0.568. The molecule has 0 saturated carbocycles. The fourth-order valence-corrected chi connectivity index (χ4v) is 3.04. The Morgan fingerprint density at radius 3 is 2.48 bits per heavy atom. The van der Waals surface area contributed by atoms with Gasteiger partial charge in [0, 0.05) is 30.2 Å². The summed E-state index contributed by atoms with van der Waals surface area (Å²) in [6.07, 6.45) is 2.46. The number of hydrogen-bond donors (Lipinski definition) is 1. The number of hydrogen-bond acceptors (Lipinski definition) is 2. The molecule has 0 saturated heterocycles. The van der Waals surface area contributed by atoms with Gasteiger partial charge in [0.2, 0.25) is 0 Å². The van der Waals surface area contributed by atoms with E-state index in [4.69, 9.17) is 0 Å². The third-order valence-corrected chi connectivity index (χ3v) is 4.06. The third kappa shape index (κ3) is 3.98. The topological polar surface area (TPSA) is 15.3 Å². The molecule has 0 spiro atoms. The minimum atomic E-state index is 0.568. The van der Waals surface area contributed by atoms with Gasteiger partial charge >= 0.3 is 0 Å². The van der Waals surface area contributed by atoms with Gasteiger partial charge < -0.3 is 10.2 Å². The van der Waals surface area contributed by atoms with Crippen molar-refractivity contribution >= 4 is 16.5 Å². The number of anilines is 1. The first-order valence-corrected chi connectivity index (χ1v) is 8.26. The van der Waals surface area contributed by atoms with Crippen molar-refractivity contribution in [3.8, 4) is 0 Å². The molecule has 0 heterocycles. The van der Waals surface area contributed by atoms with E-state index in [2.05, 4.69) is 73.5 Å². The molecule has 2 rings (SSSR count). The molecule has 0 fully saturated rings. The summed E-state index contributed by atoms with van der Waals surface area (Å²) in [5.41, 5.74) is 1.36. The van der Waals surface area contributed by atoms with Crippen LogP contribution in [0.5, 0.6) is 0 Å². The standard InChI is InChI=1S/C19H28N2/c1-4-10-17(20-5-2)15-21(6-3)19-14-9-12-16-11-7-8-13-18(16)19/h7-9,11-14,17,20H,4-6,10,15H2,1-3H3. The third-order valence-electron chi connectivity index (χ3n) is 4.06. The number of fused-ring (bicyclic) bond motifs is 1. The van der Waals surface area contributed by atoms with Crippen LogP contribution in [0, 0.1) is 0 Å². The average molecular weight is 284 g/mol. The molecule has 2 nitrogen and oxygen atoms in total. The lowest BCUT2D eigenvalue weighted by molar-refractivity contribution is 0.483. The first-order valence-electron chi connectivity index (χ1n) is 8.26. The van der Waals surface area contributed by atoms with Gasteiger partial charge in [0.1, 0.15) is 0 Å². The fraction of sp³-hybridized carbons (Fsp3) is 0.474. The molecule has 0 aromatic heterocycles. The molecule has 21 heavy (non-hydrogen) atoms. The highest BCUT2D eigenvalue weighted by atomic mass is 15.1. The van der Waals surface area contributed by atoms with E-state index in [1.54, 1.807) is 0 Å². The molecule has 0 radical (unpaired) electrons. The van der Waals surface area contributed by atoms with Crippen molar-refractivity contribution in [3.63, 3.8) is 0 Å². The summed E-state index contributed by atoms with van der Waals surface area (Å²) in [7, 11) is 0. The first-order chi connectivity index (χ1) is 10.3. The van der Waals surface area contributed by atoms with E-state index in [0.29, 0.717) is 6.04 Å². The fourth-order valence-electron chi connectivity index (χ4n) is 3.04. The zero-order valence-electron chi connectivity index (χ0n) is 13.6. The summed E-state index contributed by atoms with van der Waals surface area (Å²) in [4.78, 5) is 2.51. The maximum absolute atomic E-state index is 3.62. The van der Waals surface area contributed by atoms with Crippen molar-refractivity contribution in [2.75, 3.05) is 24.5 Å². The van der Waals surface area contributed by atoms with Crippen molar-refractivity contribution in [1.82, 2.24) is 5.32 Å². The van der Waals surface area contributed by atoms with Gasteiger partial charge in [-0.2, -0.15) is 0 Å². The highest BCUT2D eigenvalue weighted by molar-refractivity contribution is 5.94. The Balaban J connectivity index is 2.26. The Kier molecular flexibility index (Phi) is 6.06. The van der Waals surface area contributed by atoms with Crippen LogP contribution in [0.15, 0.2) is 42.5 Å². The molecule has 2 aromatic carbocycles. The molecule has 114 valence electrons. The van der Waals surface area contributed by atoms with E-state index in [1.807, 2.05) is 0 Å². The maximum Gasteiger partial charge on any atom is 0.0446 e. The van der Waals surface area contributed by atoms with Gasteiger partial charge in [-0.25, -0.2) is 0 Å². The monoisotopic (exact) mass is 284 g/mol. The van der Waals surface area contributed by atoms with Crippen LogP contribution in [0.1, 0.15) is 33.6 Å². The Labute approximate surface area is 129 Å². The van der Waals surface area contributed by atoms with Crippen LogP contribution < -0.4 is 10.2 Å². The Hall–Kier alpha value is -1.54. The van der Waals surface area contributed by atoms with Crippen molar-refractivity contribution in [3.05, 3.63) is 42.5 Å². The van der Waals surface area contributed by atoms with Gasteiger partial charge in [0.25, 0.3) is 0 Å². The molecule has 1 atom stereocenters. The van der Waals surface area contributed by atoms with Gasteiger partial charge in [-0.05, 0) is 31.3 Å². The average Bonchev–Trinajstić information content (AvgIpc) is 2.52. The normalized spacial score (nSPS) is 12.5. The summed E-state index contributed by atoms with van der Waals surface area (Å²) in [6, 6.07) is 15.9. The summed E-state index contributed by atoms with van der Waals surface area (Å²) in [5.74, 6) is 0.